The normalized spacial score (nSPS) is 17.5. The van der Waals surface area contributed by atoms with Crippen LogP contribution in [-0.4, -0.2) is 49.6 Å². The number of nitrogens with zero attached hydrogens (tertiary/aromatic N) is 3. The maximum Gasteiger partial charge on any atom is 0.243 e. The molecule has 0 radical (unpaired) electrons. The average Bonchev–Trinajstić information content (AvgIpc) is 3.54. The first-order valence-corrected chi connectivity index (χ1v) is 12.1. The zero-order chi connectivity index (χ0) is 24.0. The molecule has 2 aliphatic rings. The quantitative estimate of drug-likeness (QED) is 0.358. The van der Waals surface area contributed by atoms with Gasteiger partial charge in [0.1, 0.15) is 11.5 Å². The van der Waals surface area contributed by atoms with Crippen molar-refractivity contribution in [1.82, 2.24) is 5.01 Å². The Hall–Kier alpha value is -2.65. The second-order valence-corrected chi connectivity index (χ2v) is 8.90. The number of halogens is 2. The third-order valence-electron chi connectivity index (χ3n) is 5.51. The van der Waals surface area contributed by atoms with Crippen molar-refractivity contribution < 1.29 is 18.9 Å². The highest BCUT2D eigenvalue weighted by Gasteiger charge is 2.35. The maximum atomic E-state index is 6.54. The van der Waals surface area contributed by atoms with Crippen LogP contribution in [0.1, 0.15) is 5.56 Å². The Bertz CT molecular complexity index is 1140. The summed E-state index contributed by atoms with van der Waals surface area (Å²) in [5.74, 6) is 0.685. The Morgan fingerprint density at radius 2 is 1.66 bits per heavy atom. The zero-order valence-electron chi connectivity index (χ0n) is 18.9. The maximum absolute atomic E-state index is 6.54. The fourth-order valence-electron chi connectivity index (χ4n) is 3.84. The average molecular weight is 514 g/mol. The van der Waals surface area contributed by atoms with Gasteiger partial charge in [-0.1, -0.05) is 71.7 Å². The summed E-state index contributed by atoms with van der Waals surface area (Å²) in [6.07, 6.45) is -1.08. The van der Waals surface area contributed by atoms with Gasteiger partial charge in [-0.25, -0.2) is 0 Å². The lowest BCUT2D eigenvalue weighted by atomic mass is 10.2. The first-order valence-electron chi connectivity index (χ1n) is 11.3. The number of hydrogen-bond acceptors (Lipinski definition) is 7. The largest absolute Gasteiger partial charge is 0.459 e. The predicted octanol–water partition coefficient (Wildman–Crippen LogP) is 5.38. The lowest BCUT2D eigenvalue weighted by Gasteiger charge is -2.28. The molecule has 0 aromatic heterocycles. The van der Waals surface area contributed by atoms with Crippen LogP contribution in [0, 0.1) is 0 Å². The van der Waals surface area contributed by atoms with Gasteiger partial charge in [-0.15, -0.1) is 0 Å². The minimum atomic E-state index is -0.721. The fraction of sp³-hybridized carbons (Fsp3) is 0.269. The second kappa shape index (κ2) is 11.4. The van der Waals surface area contributed by atoms with Crippen molar-refractivity contribution in [2.45, 2.75) is 19.2 Å². The fourth-order valence-corrected chi connectivity index (χ4v) is 4.32. The molecule has 0 aliphatic carbocycles. The summed E-state index contributed by atoms with van der Waals surface area (Å²) >= 11 is 12.7. The van der Waals surface area contributed by atoms with Gasteiger partial charge < -0.3 is 18.9 Å². The standard InChI is InChI=1S/C26H25Cl2N3O4/c27-20-11-12-24(22(28)15-20)31-29-23(16-30(31)17-25-32-13-14-33-25)26(35-21-9-5-2-6-10-21)34-18-19-7-3-1-4-8-19/h1-12,15,25-26H,13-14,16-18H2. The molecule has 2 heterocycles. The molecule has 1 atom stereocenters. The van der Waals surface area contributed by atoms with E-state index in [1.165, 1.54) is 0 Å². The van der Waals surface area contributed by atoms with Crippen molar-refractivity contribution in [3.8, 4) is 5.75 Å². The lowest BCUT2D eigenvalue weighted by Crippen LogP contribution is -2.43. The second-order valence-electron chi connectivity index (χ2n) is 8.05. The highest BCUT2D eigenvalue weighted by Crippen LogP contribution is 2.33. The molecule has 0 bridgehead atoms. The molecule has 5 rings (SSSR count). The number of para-hydroxylation sites is 1. The van der Waals surface area contributed by atoms with Crippen LogP contribution in [0.3, 0.4) is 0 Å². The van der Waals surface area contributed by atoms with Crippen LogP contribution in [0.25, 0.3) is 0 Å². The molecule has 1 saturated heterocycles. The van der Waals surface area contributed by atoms with E-state index in [4.69, 9.17) is 47.3 Å². The Labute approximate surface area is 214 Å². The molecule has 3 aromatic carbocycles. The molecule has 35 heavy (non-hydrogen) atoms. The number of hydrogen-bond donors (Lipinski definition) is 0. The van der Waals surface area contributed by atoms with Gasteiger partial charge in [-0.05, 0) is 35.9 Å². The van der Waals surface area contributed by atoms with Crippen LogP contribution < -0.4 is 9.85 Å². The molecular formula is C26H25Cl2N3O4. The number of anilines is 1. The highest BCUT2D eigenvalue weighted by molar-refractivity contribution is 6.36. The summed E-state index contributed by atoms with van der Waals surface area (Å²) in [5, 5.41) is 9.63. The Kier molecular flexibility index (Phi) is 7.83. The third-order valence-corrected chi connectivity index (χ3v) is 6.05. The van der Waals surface area contributed by atoms with Crippen molar-refractivity contribution in [1.29, 1.82) is 0 Å². The van der Waals surface area contributed by atoms with E-state index in [1.807, 2.05) is 71.7 Å². The van der Waals surface area contributed by atoms with Crippen molar-refractivity contribution in [2.75, 3.05) is 31.4 Å². The number of hydrazine groups is 1. The molecular weight excluding hydrogens is 489 g/mol. The van der Waals surface area contributed by atoms with Gasteiger partial charge in [0, 0.05) is 5.02 Å². The third kappa shape index (κ3) is 6.13. The van der Waals surface area contributed by atoms with Gasteiger partial charge in [0.2, 0.25) is 6.29 Å². The predicted molar refractivity (Wildman–Crippen MR) is 136 cm³/mol. The van der Waals surface area contributed by atoms with Crippen molar-refractivity contribution >= 4 is 34.6 Å². The SMILES string of the molecule is Clc1ccc(N2N=C(C(OCc3ccccc3)Oc3ccccc3)CN2CC2OCCO2)c(Cl)c1. The smallest absolute Gasteiger partial charge is 0.243 e. The van der Waals surface area contributed by atoms with E-state index in [2.05, 4.69) is 0 Å². The van der Waals surface area contributed by atoms with E-state index in [0.29, 0.717) is 60.1 Å². The van der Waals surface area contributed by atoms with E-state index in [1.54, 1.807) is 17.3 Å². The Morgan fingerprint density at radius 1 is 0.943 bits per heavy atom. The van der Waals surface area contributed by atoms with E-state index in [0.717, 1.165) is 5.56 Å². The molecule has 3 aromatic rings. The first kappa shape index (κ1) is 24.1. The van der Waals surface area contributed by atoms with Gasteiger partial charge >= 0.3 is 0 Å². The molecule has 0 saturated carbocycles. The van der Waals surface area contributed by atoms with Crippen LogP contribution in [0.15, 0.2) is 84.0 Å². The van der Waals surface area contributed by atoms with Crippen LogP contribution in [-0.2, 0) is 20.8 Å². The van der Waals surface area contributed by atoms with Crippen LogP contribution in [0.2, 0.25) is 10.0 Å². The van der Waals surface area contributed by atoms with Crippen LogP contribution in [0.4, 0.5) is 5.69 Å². The minimum absolute atomic E-state index is 0.364. The Morgan fingerprint density at radius 3 is 2.37 bits per heavy atom. The molecule has 9 heteroatoms. The topological polar surface area (TPSA) is 55.8 Å². The van der Waals surface area contributed by atoms with Gasteiger partial charge in [-0.3, -0.25) is 0 Å². The van der Waals surface area contributed by atoms with Crippen LogP contribution in [0.5, 0.6) is 5.75 Å². The molecule has 2 aliphatic heterocycles. The van der Waals surface area contributed by atoms with Crippen molar-refractivity contribution in [3.63, 3.8) is 0 Å². The van der Waals surface area contributed by atoms with E-state index in [-0.39, 0.29) is 6.29 Å². The highest BCUT2D eigenvalue weighted by atomic mass is 35.5. The Balaban J connectivity index is 1.43. The number of ether oxygens (including phenoxy) is 4. The molecule has 1 fully saturated rings. The van der Waals surface area contributed by atoms with E-state index < -0.39 is 6.29 Å². The summed E-state index contributed by atoms with van der Waals surface area (Å²) in [6.45, 7) is 2.40. The van der Waals surface area contributed by atoms with Crippen LogP contribution >= 0.6 is 23.2 Å². The van der Waals surface area contributed by atoms with Gasteiger partial charge in [0.15, 0.2) is 6.29 Å². The van der Waals surface area contributed by atoms with Gasteiger partial charge in [0.05, 0.1) is 43.6 Å². The van der Waals surface area contributed by atoms with E-state index >= 15 is 0 Å². The minimum Gasteiger partial charge on any atom is -0.459 e. The van der Waals surface area contributed by atoms with Crippen molar-refractivity contribution in [3.05, 3.63) is 94.5 Å². The molecule has 0 N–H and O–H groups in total. The van der Waals surface area contributed by atoms with Gasteiger partial charge in [0.25, 0.3) is 0 Å². The summed E-state index contributed by atoms with van der Waals surface area (Å²) < 4.78 is 23.9. The molecule has 1 unspecified atom stereocenters. The zero-order valence-corrected chi connectivity index (χ0v) is 20.4. The number of benzene rings is 3. The number of hydrazone groups is 1. The monoisotopic (exact) mass is 513 g/mol. The summed E-state index contributed by atoms with van der Waals surface area (Å²) in [5.41, 5.74) is 2.41. The molecule has 0 spiro atoms. The molecule has 7 nitrogen and oxygen atoms in total. The summed E-state index contributed by atoms with van der Waals surface area (Å²) in [7, 11) is 0. The van der Waals surface area contributed by atoms with Gasteiger partial charge in [-0.2, -0.15) is 15.2 Å². The molecule has 0 amide bonds. The summed E-state index contributed by atoms with van der Waals surface area (Å²) in [4.78, 5) is 0. The first-order chi connectivity index (χ1) is 17.2. The van der Waals surface area contributed by atoms with E-state index in [9.17, 15) is 0 Å². The van der Waals surface area contributed by atoms with Crippen molar-refractivity contribution in [2.24, 2.45) is 5.10 Å². The number of rotatable bonds is 9. The lowest BCUT2D eigenvalue weighted by molar-refractivity contribution is -0.0617. The molecule has 182 valence electrons. The summed E-state index contributed by atoms with van der Waals surface area (Å²) in [6, 6.07) is 24.8.